The highest BCUT2D eigenvalue weighted by Gasteiger charge is 2.26. The van der Waals surface area contributed by atoms with Crippen molar-refractivity contribution in [3.05, 3.63) is 59.9 Å². The fraction of sp³-hybridized carbons (Fsp3) is 0.167. The Bertz CT molecular complexity index is 910. The molecule has 2 amide bonds. The highest BCUT2D eigenvalue weighted by Crippen LogP contribution is 2.25. The van der Waals surface area contributed by atoms with E-state index in [1.165, 1.54) is 0 Å². The Morgan fingerprint density at radius 2 is 1.96 bits per heavy atom. The molecule has 1 aliphatic rings. The van der Waals surface area contributed by atoms with Crippen LogP contribution in [0.5, 0.6) is 0 Å². The number of nitrogen functional groups attached to an aromatic ring is 1. The molecule has 7 nitrogen and oxygen atoms in total. The van der Waals surface area contributed by atoms with Crippen LogP contribution in [-0.4, -0.2) is 25.7 Å². The molecule has 3 heterocycles. The largest absolute Gasteiger partial charge is 0.396 e. The molecular weight excluding hydrogens is 316 g/mol. The average molecular weight is 334 g/mol. The summed E-state index contributed by atoms with van der Waals surface area (Å²) in [4.78, 5) is 18.7. The molecule has 0 saturated heterocycles. The fourth-order valence-electron chi connectivity index (χ4n) is 2.95. The first-order valence-electron chi connectivity index (χ1n) is 7.99. The molecule has 0 bridgehead atoms. The summed E-state index contributed by atoms with van der Waals surface area (Å²) in [6.07, 6.45) is 1.94. The zero-order valence-corrected chi connectivity index (χ0v) is 13.8. The molecular formula is C18H18N6O. The lowest BCUT2D eigenvalue weighted by Crippen LogP contribution is -2.31. The number of anilines is 2. The first-order valence-corrected chi connectivity index (χ1v) is 7.99. The average Bonchev–Trinajstić information content (AvgIpc) is 3.15. The minimum absolute atomic E-state index is 0.231. The van der Waals surface area contributed by atoms with E-state index in [0.717, 1.165) is 22.5 Å². The van der Waals surface area contributed by atoms with E-state index < -0.39 is 0 Å². The molecule has 1 aliphatic heterocycles. The highest BCUT2D eigenvalue weighted by atomic mass is 16.2. The minimum atomic E-state index is -0.231. The second kappa shape index (κ2) is 5.94. The van der Waals surface area contributed by atoms with Crippen LogP contribution in [-0.2, 0) is 20.1 Å². The van der Waals surface area contributed by atoms with E-state index in [4.69, 9.17) is 5.73 Å². The van der Waals surface area contributed by atoms with Crippen LogP contribution in [0, 0.1) is 0 Å². The number of carbonyl (C=O) groups excluding carboxylic acids is 1. The van der Waals surface area contributed by atoms with Gasteiger partial charge in [0.1, 0.15) is 0 Å². The molecule has 2 aromatic heterocycles. The van der Waals surface area contributed by atoms with Crippen LogP contribution in [0.1, 0.15) is 11.3 Å². The summed E-state index contributed by atoms with van der Waals surface area (Å²) >= 11 is 0. The third kappa shape index (κ3) is 2.91. The topological polar surface area (TPSA) is 89.1 Å². The molecule has 0 spiro atoms. The lowest BCUT2D eigenvalue weighted by atomic mass is 10.1. The number of benzene rings is 1. The van der Waals surface area contributed by atoms with Gasteiger partial charge in [0.2, 0.25) is 0 Å². The molecule has 0 radical (unpaired) electrons. The normalized spacial score (nSPS) is 12.9. The molecule has 3 aromatic rings. The van der Waals surface area contributed by atoms with Crippen molar-refractivity contribution >= 4 is 17.5 Å². The number of aromatic nitrogens is 3. The van der Waals surface area contributed by atoms with Gasteiger partial charge in [0.15, 0.2) is 5.82 Å². The Balaban J connectivity index is 1.52. The van der Waals surface area contributed by atoms with Gasteiger partial charge in [-0.2, -0.15) is 5.10 Å². The van der Waals surface area contributed by atoms with Crippen LogP contribution < -0.4 is 11.1 Å². The Morgan fingerprint density at radius 3 is 2.72 bits per heavy atom. The summed E-state index contributed by atoms with van der Waals surface area (Å²) < 4.78 is 1.77. The van der Waals surface area contributed by atoms with Gasteiger partial charge in [0, 0.05) is 24.4 Å². The van der Waals surface area contributed by atoms with E-state index in [1.54, 1.807) is 15.6 Å². The molecule has 4 rings (SSSR count). The van der Waals surface area contributed by atoms with E-state index in [1.807, 2.05) is 49.6 Å². The lowest BCUT2D eigenvalue weighted by molar-refractivity contribution is 0.211. The van der Waals surface area contributed by atoms with Gasteiger partial charge in [0.05, 0.1) is 30.2 Å². The molecule has 1 aromatic carbocycles. The number of hydrogen-bond acceptors (Lipinski definition) is 4. The van der Waals surface area contributed by atoms with Crippen LogP contribution >= 0.6 is 0 Å². The van der Waals surface area contributed by atoms with Crippen molar-refractivity contribution in [1.82, 2.24) is 19.7 Å². The molecule has 0 saturated carbocycles. The van der Waals surface area contributed by atoms with E-state index in [2.05, 4.69) is 15.4 Å². The van der Waals surface area contributed by atoms with Crippen molar-refractivity contribution in [1.29, 1.82) is 0 Å². The van der Waals surface area contributed by atoms with Gasteiger partial charge in [-0.25, -0.2) is 9.78 Å². The number of fused-ring (bicyclic) bond motifs is 1. The quantitative estimate of drug-likeness (QED) is 0.754. The highest BCUT2D eigenvalue weighted by molar-refractivity contribution is 5.92. The first kappa shape index (κ1) is 15.2. The molecule has 0 fully saturated rings. The smallest absolute Gasteiger partial charge is 0.323 e. The van der Waals surface area contributed by atoms with Crippen LogP contribution in [0.4, 0.5) is 16.3 Å². The van der Waals surface area contributed by atoms with E-state index in [9.17, 15) is 4.79 Å². The third-order valence-electron chi connectivity index (χ3n) is 4.20. The van der Waals surface area contributed by atoms with Gasteiger partial charge < -0.3 is 10.6 Å². The number of hydrogen-bond donors (Lipinski definition) is 2. The Labute approximate surface area is 145 Å². The Morgan fingerprint density at radius 1 is 1.16 bits per heavy atom. The molecule has 25 heavy (non-hydrogen) atoms. The number of urea groups is 1. The fourth-order valence-corrected chi connectivity index (χ4v) is 2.95. The summed E-state index contributed by atoms with van der Waals surface area (Å²) in [7, 11) is 1.88. The van der Waals surface area contributed by atoms with Crippen LogP contribution in [0.3, 0.4) is 0 Å². The third-order valence-corrected chi connectivity index (χ3v) is 4.20. The second-order valence-corrected chi connectivity index (χ2v) is 6.06. The Kier molecular flexibility index (Phi) is 3.61. The number of pyridine rings is 1. The summed E-state index contributed by atoms with van der Waals surface area (Å²) in [5, 5.41) is 7.17. The van der Waals surface area contributed by atoms with E-state index >= 15 is 0 Å². The van der Waals surface area contributed by atoms with Crippen molar-refractivity contribution in [3.8, 4) is 11.3 Å². The zero-order valence-electron chi connectivity index (χ0n) is 13.8. The number of nitrogens with one attached hydrogen (secondary N) is 1. The maximum atomic E-state index is 12.6. The van der Waals surface area contributed by atoms with Crippen molar-refractivity contribution in [2.24, 2.45) is 7.05 Å². The summed E-state index contributed by atoms with van der Waals surface area (Å²) in [5.41, 5.74) is 10.1. The number of carbonyl (C=O) groups is 1. The van der Waals surface area contributed by atoms with Crippen molar-refractivity contribution in [2.45, 2.75) is 13.1 Å². The van der Waals surface area contributed by atoms with Gasteiger partial charge in [-0.3, -0.25) is 10.00 Å². The van der Waals surface area contributed by atoms with E-state index in [0.29, 0.717) is 24.6 Å². The second-order valence-electron chi connectivity index (χ2n) is 6.06. The first-order chi connectivity index (χ1) is 12.1. The van der Waals surface area contributed by atoms with Gasteiger partial charge in [-0.15, -0.1) is 0 Å². The predicted octanol–water partition coefficient (Wildman–Crippen LogP) is 2.61. The van der Waals surface area contributed by atoms with Crippen LogP contribution in [0.2, 0.25) is 0 Å². The van der Waals surface area contributed by atoms with Gasteiger partial charge in [-0.05, 0) is 12.1 Å². The number of nitrogens with zero attached hydrogens (tertiary/aromatic N) is 4. The molecule has 7 heteroatoms. The van der Waals surface area contributed by atoms with Gasteiger partial charge >= 0.3 is 6.03 Å². The van der Waals surface area contributed by atoms with Crippen LogP contribution in [0.25, 0.3) is 11.3 Å². The van der Waals surface area contributed by atoms with E-state index in [-0.39, 0.29) is 6.03 Å². The predicted molar refractivity (Wildman–Crippen MR) is 95.6 cm³/mol. The maximum absolute atomic E-state index is 12.6. The van der Waals surface area contributed by atoms with Crippen LogP contribution in [0.15, 0.2) is 48.7 Å². The molecule has 0 unspecified atom stereocenters. The van der Waals surface area contributed by atoms with Crippen molar-refractivity contribution in [2.75, 3.05) is 11.1 Å². The molecule has 3 N–H and O–H groups in total. The van der Waals surface area contributed by atoms with Crippen molar-refractivity contribution in [3.63, 3.8) is 0 Å². The van der Waals surface area contributed by atoms with Gasteiger partial charge in [-0.1, -0.05) is 30.3 Å². The number of nitrogens with two attached hydrogens (primary N) is 1. The number of amides is 2. The summed E-state index contributed by atoms with van der Waals surface area (Å²) in [6, 6.07) is 13.1. The lowest BCUT2D eigenvalue weighted by Gasteiger charge is -2.17. The van der Waals surface area contributed by atoms with Crippen molar-refractivity contribution < 1.29 is 4.79 Å². The zero-order chi connectivity index (χ0) is 17.4. The molecule has 0 aliphatic carbocycles. The monoisotopic (exact) mass is 334 g/mol. The molecule has 0 atom stereocenters. The standard InChI is InChI=1S/C18H18N6O/c1-23-9-13-10-24(11-16(13)22-23)18(25)21-17-14(19)7-8-15(20-17)12-5-3-2-4-6-12/h2-9H,10-11,19H2,1H3,(H,20,21,25). The SMILES string of the molecule is Cn1cc2c(n1)CN(C(=O)Nc1nc(-c3ccccc3)ccc1N)C2. The minimum Gasteiger partial charge on any atom is -0.396 e. The van der Waals surface area contributed by atoms with Gasteiger partial charge in [0.25, 0.3) is 0 Å². The maximum Gasteiger partial charge on any atom is 0.323 e. The number of aryl methyl sites for hydroxylation is 1. The number of rotatable bonds is 2. The Hall–Kier alpha value is -3.35. The summed E-state index contributed by atoms with van der Waals surface area (Å²) in [5.74, 6) is 0.372. The summed E-state index contributed by atoms with van der Waals surface area (Å²) in [6.45, 7) is 1.02. The molecule has 126 valence electrons.